The topological polar surface area (TPSA) is 74.3 Å². The highest BCUT2D eigenvalue weighted by Crippen LogP contribution is 2.43. The average Bonchev–Trinajstić information content (AvgIpc) is 3.33. The lowest BCUT2D eigenvalue weighted by Crippen LogP contribution is -2.25. The van der Waals surface area contributed by atoms with E-state index in [4.69, 9.17) is 18.9 Å². The third-order valence-corrected chi connectivity index (χ3v) is 12.1. The number of benzene rings is 8. The van der Waals surface area contributed by atoms with Gasteiger partial charge in [-0.1, -0.05) is 135 Å². The first-order chi connectivity index (χ1) is 31.4. The van der Waals surface area contributed by atoms with Crippen molar-refractivity contribution in [2.75, 3.05) is 12.0 Å². The standard InChI is InChI=1S/C58H51NO6/c1-40-12-26-49(27-13-40)59(50-28-14-43(15-29-50)42-10-8-7-9-11-42)51-30-16-46(17-31-51)58(5,47-22-32-52(62-6)33-23-47)48-24-38-55(39-25-48)65-56(61)64-54-36-20-45(21-37-54)57(3,4)44-18-34-53(35-19-44)63-41(2)60/h7-39H,1-6H3. The van der Waals surface area contributed by atoms with Gasteiger partial charge in [0.2, 0.25) is 0 Å². The van der Waals surface area contributed by atoms with Gasteiger partial charge in [-0.3, -0.25) is 4.79 Å². The molecule has 0 aliphatic carbocycles. The van der Waals surface area contributed by atoms with Crippen molar-refractivity contribution in [1.29, 1.82) is 0 Å². The maximum atomic E-state index is 13.1. The van der Waals surface area contributed by atoms with Crippen molar-refractivity contribution in [3.63, 3.8) is 0 Å². The number of hydrogen-bond acceptors (Lipinski definition) is 7. The molecule has 0 spiro atoms. The Hall–Kier alpha value is -7.90. The van der Waals surface area contributed by atoms with E-state index in [0.29, 0.717) is 17.2 Å². The summed E-state index contributed by atoms with van der Waals surface area (Å²) in [5.41, 5.74) is 10.9. The Bertz CT molecular complexity index is 2860. The number of methoxy groups -OCH3 is 1. The minimum atomic E-state index is -0.841. The van der Waals surface area contributed by atoms with E-state index in [0.717, 1.165) is 56.2 Å². The lowest BCUT2D eigenvalue weighted by atomic mass is 9.71. The van der Waals surface area contributed by atoms with Crippen LogP contribution in [0.15, 0.2) is 200 Å². The van der Waals surface area contributed by atoms with Crippen molar-refractivity contribution in [3.8, 4) is 34.1 Å². The first-order valence-corrected chi connectivity index (χ1v) is 21.6. The van der Waals surface area contributed by atoms with Crippen molar-refractivity contribution >= 4 is 29.2 Å². The largest absolute Gasteiger partial charge is 0.519 e. The van der Waals surface area contributed by atoms with E-state index >= 15 is 0 Å². The summed E-state index contributed by atoms with van der Waals surface area (Å²) in [6, 6.07) is 66.9. The van der Waals surface area contributed by atoms with Gasteiger partial charge in [-0.2, -0.15) is 0 Å². The monoisotopic (exact) mass is 857 g/mol. The molecule has 0 heterocycles. The number of carbonyl (C=O) groups excluding carboxylic acids is 2. The summed E-state index contributed by atoms with van der Waals surface area (Å²) >= 11 is 0. The Labute approximate surface area is 381 Å². The molecule has 1 atom stereocenters. The number of carbonyl (C=O) groups is 2. The molecule has 324 valence electrons. The number of hydrogen-bond donors (Lipinski definition) is 0. The van der Waals surface area contributed by atoms with Gasteiger partial charge in [-0.15, -0.1) is 0 Å². The van der Waals surface area contributed by atoms with Crippen LogP contribution in [-0.4, -0.2) is 19.2 Å². The molecule has 7 heteroatoms. The zero-order chi connectivity index (χ0) is 45.6. The predicted octanol–water partition coefficient (Wildman–Crippen LogP) is 14.3. The summed E-state index contributed by atoms with van der Waals surface area (Å²) in [5, 5.41) is 0. The summed E-state index contributed by atoms with van der Waals surface area (Å²) in [7, 11) is 1.67. The number of anilines is 3. The van der Waals surface area contributed by atoms with Gasteiger partial charge >= 0.3 is 12.1 Å². The van der Waals surface area contributed by atoms with Crippen LogP contribution >= 0.6 is 0 Å². The second-order valence-electron chi connectivity index (χ2n) is 16.7. The Morgan fingerprint density at radius 2 is 0.769 bits per heavy atom. The van der Waals surface area contributed by atoms with Crippen LogP contribution in [0, 0.1) is 6.92 Å². The summed E-state index contributed by atoms with van der Waals surface area (Å²) < 4.78 is 22.0. The molecule has 0 N–H and O–H groups in total. The smallest absolute Gasteiger partial charge is 0.497 e. The molecule has 0 aliphatic rings. The van der Waals surface area contributed by atoms with Gasteiger partial charge in [-0.25, -0.2) is 4.79 Å². The van der Waals surface area contributed by atoms with Gasteiger partial charge in [0.15, 0.2) is 0 Å². The maximum Gasteiger partial charge on any atom is 0.519 e. The zero-order valence-corrected chi connectivity index (χ0v) is 37.4. The summed E-state index contributed by atoms with van der Waals surface area (Å²) in [4.78, 5) is 26.7. The lowest BCUT2D eigenvalue weighted by Gasteiger charge is -2.33. The SMILES string of the molecule is COc1ccc(C(C)(c2ccc(OC(=O)Oc3ccc(C(C)(C)c4ccc(OC(C)=O)cc4)cc3)cc2)c2ccc(N(c3ccc(C)cc3)c3ccc(-c4ccccc4)cc3)cc2)cc1. The van der Waals surface area contributed by atoms with E-state index in [1.165, 1.54) is 18.1 Å². The number of nitrogens with zero attached hydrogens (tertiary/aromatic N) is 1. The Balaban J connectivity index is 1.02. The van der Waals surface area contributed by atoms with Crippen LogP contribution in [0.3, 0.4) is 0 Å². The fraction of sp³-hybridized carbons (Fsp3) is 0.138. The minimum absolute atomic E-state index is 0.355. The first kappa shape index (κ1) is 43.7. The maximum absolute atomic E-state index is 13.1. The van der Waals surface area contributed by atoms with Crippen LogP contribution in [0.25, 0.3) is 11.1 Å². The second kappa shape index (κ2) is 18.8. The Morgan fingerprint density at radius 1 is 0.415 bits per heavy atom. The molecule has 65 heavy (non-hydrogen) atoms. The number of aryl methyl sites for hydroxylation is 1. The Kier molecular flexibility index (Phi) is 12.7. The molecule has 8 aromatic carbocycles. The molecule has 8 aromatic rings. The second-order valence-corrected chi connectivity index (χ2v) is 16.7. The normalized spacial score (nSPS) is 12.1. The molecular formula is C58H51NO6. The van der Waals surface area contributed by atoms with Gasteiger partial charge < -0.3 is 23.8 Å². The van der Waals surface area contributed by atoms with Crippen LogP contribution < -0.4 is 23.8 Å². The van der Waals surface area contributed by atoms with Crippen LogP contribution in [0.1, 0.15) is 61.1 Å². The van der Waals surface area contributed by atoms with Crippen LogP contribution in [0.5, 0.6) is 23.0 Å². The summed E-state index contributed by atoms with van der Waals surface area (Å²) in [6.45, 7) is 9.88. The van der Waals surface area contributed by atoms with Crippen LogP contribution in [-0.2, 0) is 15.6 Å². The number of esters is 1. The molecule has 0 radical (unpaired) electrons. The highest BCUT2D eigenvalue weighted by Gasteiger charge is 2.32. The molecule has 1 unspecified atom stereocenters. The molecule has 0 saturated heterocycles. The molecule has 7 nitrogen and oxygen atoms in total. The number of rotatable bonds is 13. The molecular weight excluding hydrogens is 807 g/mol. The third kappa shape index (κ3) is 9.70. The van der Waals surface area contributed by atoms with Crippen molar-refractivity contribution < 1.29 is 28.5 Å². The van der Waals surface area contributed by atoms with Gasteiger partial charge in [0, 0.05) is 34.8 Å². The van der Waals surface area contributed by atoms with Gasteiger partial charge in [0.1, 0.15) is 23.0 Å². The first-order valence-electron chi connectivity index (χ1n) is 21.6. The van der Waals surface area contributed by atoms with E-state index in [9.17, 15) is 9.59 Å². The molecule has 0 saturated carbocycles. The average molecular weight is 858 g/mol. The van der Waals surface area contributed by atoms with E-state index < -0.39 is 11.6 Å². The third-order valence-electron chi connectivity index (χ3n) is 12.1. The van der Waals surface area contributed by atoms with Gasteiger partial charge in [0.25, 0.3) is 0 Å². The van der Waals surface area contributed by atoms with Crippen molar-refractivity contribution in [1.82, 2.24) is 0 Å². The molecule has 0 bridgehead atoms. The van der Waals surface area contributed by atoms with Crippen LogP contribution in [0.2, 0.25) is 0 Å². The van der Waals surface area contributed by atoms with Crippen molar-refractivity contribution in [3.05, 3.63) is 234 Å². The fourth-order valence-corrected chi connectivity index (χ4v) is 8.22. The highest BCUT2D eigenvalue weighted by molar-refractivity contribution is 5.79. The van der Waals surface area contributed by atoms with E-state index in [1.807, 2.05) is 54.6 Å². The quantitative estimate of drug-likeness (QED) is 0.0495. The number of ether oxygens (including phenoxy) is 4. The lowest BCUT2D eigenvalue weighted by molar-refractivity contribution is -0.131. The van der Waals surface area contributed by atoms with Gasteiger partial charge in [0.05, 0.1) is 7.11 Å². The summed E-state index contributed by atoms with van der Waals surface area (Å²) in [5.74, 6) is 1.61. The van der Waals surface area contributed by atoms with E-state index in [2.05, 4.69) is 142 Å². The molecule has 0 aromatic heterocycles. The van der Waals surface area contributed by atoms with Crippen molar-refractivity contribution in [2.45, 2.75) is 45.4 Å². The molecule has 8 rings (SSSR count). The molecule has 0 aliphatic heterocycles. The highest BCUT2D eigenvalue weighted by atomic mass is 16.7. The zero-order valence-electron chi connectivity index (χ0n) is 37.4. The van der Waals surface area contributed by atoms with Gasteiger partial charge in [-0.05, 0) is 138 Å². The summed E-state index contributed by atoms with van der Waals surface area (Å²) in [6.07, 6.45) is -0.841. The molecule has 0 amide bonds. The molecule has 0 fully saturated rings. The van der Waals surface area contributed by atoms with Crippen LogP contribution in [0.4, 0.5) is 21.9 Å². The Morgan fingerprint density at radius 3 is 1.20 bits per heavy atom. The van der Waals surface area contributed by atoms with Crippen molar-refractivity contribution in [2.24, 2.45) is 0 Å². The fourth-order valence-electron chi connectivity index (χ4n) is 8.22. The predicted molar refractivity (Wildman–Crippen MR) is 259 cm³/mol. The van der Waals surface area contributed by atoms with E-state index in [1.54, 1.807) is 43.5 Å². The minimum Gasteiger partial charge on any atom is -0.497 e. The van der Waals surface area contributed by atoms with E-state index in [-0.39, 0.29) is 11.4 Å².